The normalized spacial score (nSPS) is 34.9. The zero-order valence-electron chi connectivity index (χ0n) is 9.29. The van der Waals surface area contributed by atoms with Gasteiger partial charge in [0, 0.05) is 19.4 Å². The van der Waals surface area contributed by atoms with E-state index in [-0.39, 0.29) is 12.0 Å². The second kappa shape index (κ2) is 4.10. The first-order valence-electron chi connectivity index (χ1n) is 5.83. The highest BCUT2D eigenvalue weighted by Gasteiger charge is 2.49. The average molecular weight is 212 g/mol. The van der Waals surface area contributed by atoms with Gasteiger partial charge < -0.3 is 15.8 Å². The van der Waals surface area contributed by atoms with Crippen LogP contribution in [-0.2, 0) is 9.53 Å². The number of carbonyl (C=O) groups is 1. The Morgan fingerprint density at radius 3 is 2.67 bits per heavy atom. The Morgan fingerprint density at radius 1 is 1.53 bits per heavy atom. The molecule has 3 N–H and O–H groups in total. The number of amides is 1. The van der Waals surface area contributed by atoms with Gasteiger partial charge in [0.05, 0.1) is 6.10 Å². The highest BCUT2D eigenvalue weighted by molar-refractivity contribution is 5.86. The predicted molar refractivity (Wildman–Crippen MR) is 57.3 cm³/mol. The van der Waals surface area contributed by atoms with Gasteiger partial charge in [-0.25, -0.2) is 0 Å². The third-order valence-electron chi connectivity index (χ3n) is 3.45. The molecule has 0 aromatic heterocycles. The van der Waals surface area contributed by atoms with Crippen LogP contribution in [0.5, 0.6) is 0 Å². The lowest BCUT2D eigenvalue weighted by atomic mass is 9.73. The van der Waals surface area contributed by atoms with Crippen molar-refractivity contribution in [3.05, 3.63) is 0 Å². The summed E-state index contributed by atoms with van der Waals surface area (Å²) in [5, 5.41) is 3.33. The molecule has 0 bridgehead atoms. The number of nitrogens with two attached hydrogens (primary N) is 1. The Hall–Kier alpha value is -0.610. The van der Waals surface area contributed by atoms with Gasteiger partial charge in [-0.05, 0) is 32.2 Å². The Morgan fingerprint density at radius 2 is 2.20 bits per heavy atom. The van der Waals surface area contributed by atoms with Gasteiger partial charge in [0.25, 0.3) is 0 Å². The zero-order valence-corrected chi connectivity index (χ0v) is 9.29. The Kier molecular flexibility index (Phi) is 2.98. The maximum Gasteiger partial charge on any atom is 0.237 e. The Bertz CT molecular complexity index is 245. The van der Waals surface area contributed by atoms with Gasteiger partial charge in [0.1, 0.15) is 5.54 Å². The molecule has 15 heavy (non-hydrogen) atoms. The van der Waals surface area contributed by atoms with Crippen molar-refractivity contribution < 1.29 is 9.53 Å². The third-order valence-corrected chi connectivity index (χ3v) is 3.45. The van der Waals surface area contributed by atoms with Gasteiger partial charge in [-0.15, -0.1) is 0 Å². The van der Waals surface area contributed by atoms with Crippen LogP contribution in [0.25, 0.3) is 0 Å². The van der Waals surface area contributed by atoms with E-state index >= 15 is 0 Å². The van der Waals surface area contributed by atoms with E-state index in [2.05, 4.69) is 5.32 Å². The number of hydrogen-bond acceptors (Lipinski definition) is 3. The van der Waals surface area contributed by atoms with E-state index in [4.69, 9.17) is 10.5 Å². The molecule has 0 aromatic carbocycles. The van der Waals surface area contributed by atoms with E-state index in [0.717, 1.165) is 25.3 Å². The van der Waals surface area contributed by atoms with Crippen LogP contribution in [0.3, 0.4) is 0 Å². The van der Waals surface area contributed by atoms with Gasteiger partial charge in [0.2, 0.25) is 5.91 Å². The van der Waals surface area contributed by atoms with Gasteiger partial charge in [-0.2, -0.15) is 0 Å². The lowest BCUT2D eigenvalue weighted by molar-refractivity contribution is -0.136. The van der Waals surface area contributed by atoms with Crippen LogP contribution in [0, 0.1) is 5.92 Å². The van der Waals surface area contributed by atoms with Gasteiger partial charge in [-0.1, -0.05) is 0 Å². The van der Waals surface area contributed by atoms with Crippen LogP contribution in [0.4, 0.5) is 0 Å². The lowest BCUT2D eigenvalue weighted by Crippen LogP contribution is -2.65. The molecular formula is C11H20N2O2. The van der Waals surface area contributed by atoms with Crippen molar-refractivity contribution in [2.45, 2.75) is 44.2 Å². The van der Waals surface area contributed by atoms with Crippen molar-refractivity contribution in [2.75, 3.05) is 13.2 Å². The molecule has 0 aromatic rings. The SMILES string of the molecule is CCOC1CC(NCC2CC2)(C(N)=O)C1. The monoisotopic (exact) mass is 212 g/mol. The van der Waals surface area contributed by atoms with Crippen molar-refractivity contribution >= 4 is 5.91 Å². The summed E-state index contributed by atoms with van der Waals surface area (Å²) in [5.74, 6) is 0.548. The van der Waals surface area contributed by atoms with E-state index in [1.807, 2.05) is 6.92 Å². The van der Waals surface area contributed by atoms with Crippen molar-refractivity contribution in [1.29, 1.82) is 0 Å². The standard InChI is InChI=1S/C11H20N2O2/c1-2-15-9-5-11(6-9,10(12)14)13-7-8-3-4-8/h8-9,13H,2-7H2,1H3,(H2,12,14). The lowest BCUT2D eigenvalue weighted by Gasteiger charge is -2.45. The van der Waals surface area contributed by atoms with E-state index < -0.39 is 5.54 Å². The molecule has 2 aliphatic rings. The number of ether oxygens (including phenoxy) is 1. The van der Waals surface area contributed by atoms with Crippen LogP contribution >= 0.6 is 0 Å². The van der Waals surface area contributed by atoms with E-state index in [0.29, 0.717) is 6.61 Å². The second-order valence-corrected chi connectivity index (χ2v) is 4.76. The number of primary amides is 1. The molecule has 0 unspecified atom stereocenters. The molecule has 1 amide bonds. The summed E-state index contributed by atoms with van der Waals surface area (Å²) in [6, 6.07) is 0. The van der Waals surface area contributed by atoms with Gasteiger partial charge in [-0.3, -0.25) is 4.79 Å². The number of nitrogens with one attached hydrogen (secondary N) is 1. The molecule has 2 fully saturated rings. The van der Waals surface area contributed by atoms with E-state index in [1.54, 1.807) is 0 Å². The number of rotatable bonds is 6. The smallest absolute Gasteiger partial charge is 0.237 e. The molecule has 0 radical (unpaired) electrons. The summed E-state index contributed by atoms with van der Waals surface area (Å²) >= 11 is 0. The Balaban J connectivity index is 1.81. The molecule has 0 aliphatic heterocycles. The van der Waals surface area contributed by atoms with Crippen LogP contribution in [0.2, 0.25) is 0 Å². The zero-order chi connectivity index (χ0) is 10.9. The fraction of sp³-hybridized carbons (Fsp3) is 0.909. The molecule has 4 heteroatoms. The highest BCUT2D eigenvalue weighted by atomic mass is 16.5. The van der Waals surface area contributed by atoms with Crippen molar-refractivity contribution in [3.63, 3.8) is 0 Å². The minimum atomic E-state index is -0.470. The van der Waals surface area contributed by atoms with E-state index in [1.165, 1.54) is 12.8 Å². The van der Waals surface area contributed by atoms with Crippen molar-refractivity contribution in [1.82, 2.24) is 5.32 Å². The molecule has 2 rings (SSSR count). The molecule has 0 heterocycles. The molecule has 2 saturated carbocycles. The molecule has 0 spiro atoms. The fourth-order valence-electron chi connectivity index (χ4n) is 2.17. The number of carbonyl (C=O) groups excluding carboxylic acids is 1. The van der Waals surface area contributed by atoms with Gasteiger partial charge in [0.15, 0.2) is 0 Å². The Labute approximate surface area is 90.5 Å². The number of hydrogen-bond donors (Lipinski definition) is 2. The molecule has 4 nitrogen and oxygen atoms in total. The maximum atomic E-state index is 11.4. The largest absolute Gasteiger partial charge is 0.378 e. The molecule has 2 aliphatic carbocycles. The molecule has 0 atom stereocenters. The summed E-state index contributed by atoms with van der Waals surface area (Å²) < 4.78 is 5.46. The first-order valence-corrected chi connectivity index (χ1v) is 5.83. The minimum Gasteiger partial charge on any atom is -0.378 e. The minimum absolute atomic E-state index is 0.217. The van der Waals surface area contributed by atoms with Crippen molar-refractivity contribution in [3.8, 4) is 0 Å². The quantitative estimate of drug-likeness (QED) is 0.670. The topological polar surface area (TPSA) is 64.3 Å². The summed E-state index contributed by atoms with van der Waals surface area (Å²) in [7, 11) is 0. The molecule has 0 saturated heterocycles. The maximum absolute atomic E-state index is 11.4. The van der Waals surface area contributed by atoms with Crippen LogP contribution in [0.1, 0.15) is 32.6 Å². The fourth-order valence-corrected chi connectivity index (χ4v) is 2.17. The third kappa shape index (κ3) is 2.32. The van der Waals surface area contributed by atoms with Crippen LogP contribution < -0.4 is 11.1 Å². The van der Waals surface area contributed by atoms with Crippen LogP contribution in [-0.4, -0.2) is 30.7 Å². The summed E-state index contributed by atoms with van der Waals surface area (Å²) in [5.41, 5.74) is 4.97. The second-order valence-electron chi connectivity index (χ2n) is 4.76. The highest BCUT2D eigenvalue weighted by Crippen LogP contribution is 2.36. The van der Waals surface area contributed by atoms with Crippen molar-refractivity contribution in [2.24, 2.45) is 11.7 Å². The summed E-state index contributed by atoms with van der Waals surface area (Å²) in [4.78, 5) is 11.4. The summed E-state index contributed by atoms with van der Waals surface area (Å²) in [6.45, 7) is 3.62. The molecular weight excluding hydrogens is 192 g/mol. The average Bonchev–Trinajstić information content (AvgIpc) is 2.91. The summed E-state index contributed by atoms with van der Waals surface area (Å²) in [6.07, 6.45) is 4.27. The van der Waals surface area contributed by atoms with E-state index in [9.17, 15) is 4.79 Å². The molecule has 86 valence electrons. The first kappa shape index (κ1) is 10.9. The van der Waals surface area contributed by atoms with Crippen LogP contribution in [0.15, 0.2) is 0 Å². The van der Waals surface area contributed by atoms with Gasteiger partial charge >= 0.3 is 0 Å². The predicted octanol–water partition coefficient (Wildman–Crippen LogP) is 0.409. The first-order chi connectivity index (χ1) is 7.16.